The molecule has 1 aliphatic heterocycles. The number of fused-ring (bicyclic) bond motifs is 1. The maximum Gasteiger partial charge on any atom is 0.364 e. The van der Waals surface area contributed by atoms with Gasteiger partial charge in [0.1, 0.15) is 31.0 Å². The van der Waals surface area contributed by atoms with Crippen LogP contribution in [0.4, 0.5) is 5.82 Å². The van der Waals surface area contributed by atoms with Gasteiger partial charge in [0.25, 0.3) is 0 Å². The lowest BCUT2D eigenvalue weighted by molar-refractivity contribution is -0.280. The van der Waals surface area contributed by atoms with E-state index < -0.39 is 36.7 Å². The number of aliphatic hydroxyl groups is 4. The van der Waals surface area contributed by atoms with E-state index in [2.05, 4.69) is 15.0 Å². The van der Waals surface area contributed by atoms with Gasteiger partial charge in [-0.1, -0.05) is 0 Å². The summed E-state index contributed by atoms with van der Waals surface area (Å²) >= 11 is 0. The summed E-state index contributed by atoms with van der Waals surface area (Å²) in [4.78, 5) is 28.5. The Morgan fingerprint density at radius 2 is 1.91 bits per heavy atom. The third-order valence-electron chi connectivity index (χ3n) is 3.34. The molecule has 2 aromatic heterocycles. The van der Waals surface area contributed by atoms with Crippen molar-refractivity contribution >= 4 is 23.0 Å². The molecule has 1 aliphatic rings. The number of aromatic nitrogens is 4. The van der Waals surface area contributed by atoms with Crippen LogP contribution in [0.5, 0.6) is 0 Å². The summed E-state index contributed by atoms with van der Waals surface area (Å²) in [6.07, 6.45) is -6.67. The summed E-state index contributed by atoms with van der Waals surface area (Å²) in [5.41, 5.74) is 5.88. The van der Waals surface area contributed by atoms with Crippen molar-refractivity contribution in [1.82, 2.24) is 19.7 Å². The molecule has 124 valence electrons. The first-order valence-corrected chi connectivity index (χ1v) is 6.43. The van der Waals surface area contributed by atoms with Gasteiger partial charge in [0.15, 0.2) is 23.7 Å². The number of nitrogen functional groups attached to an aromatic ring is 1. The third kappa shape index (κ3) is 2.58. The minimum absolute atomic E-state index is 0.0766. The summed E-state index contributed by atoms with van der Waals surface area (Å²) in [5.74, 6) is -1.06. The number of hydrogen-bond donors (Lipinski definition) is 5. The number of aliphatic hydroxyl groups excluding tert-OH is 4. The van der Waals surface area contributed by atoms with Gasteiger partial charge in [0.05, 0.1) is 0 Å². The number of carbonyl (C=O) groups is 1. The average molecular weight is 327 g/mol. The van der Waals surface area contributed by atoms with E-state index in [4.69, 9.17) is 15.3 Å². The lowest BCUT2D eigenvalue weighted by atomic mass is 9.99. The number of hydrogen-bond acceptors (Lipinski definition) is 11. The van der Waals surface area contributed by atoms with Gasteiger partial charge in [-0.2, -0.15) is 0 Å². The lowest BCUT2D eigenvalue weighted by Gasteiger charge is -2.36. The number of imidazole rings is 1. The van der Waals surface area contributed by atoms with E-state index in [9.17, 15) is 25.2 Å². The molecule has 23 heavy (non-hydrogen) atoms. The summed E-state index contributed by atoms with van der Waals surface area (Å²) in [5, 5.41) is 38.1. The van der Waals surface area contributed by atoms with Crippen LogP contribution >= 0.6 is 0 Å². The Bertz CT molecular complexity index is 737. The number of ether oxygens (including phenoxy) is 1. The third-order valence-corrected chi connectivity index (χ3v) is 3.34. The molecule has 0 spiro atoms. The Balaban J connectivity index is 1.82. The molecule has 6 N–H and O–H groups in total. The highest BCUT2D eigenvalue weighted by Crippen LogP contribution is 2.21. The monoisotopic (exact) mass is 327 g/mol. The number of nitrogens with zero attached hydrogens (tertiary/aromatic N) is 4. The van der Waals surface area contributed by atoms with Gasteiger partial charge in [0, 0.05) is 0 Å². The molecule has 0 radical (unpaired) electrons. The Labute approximate surface area is 127 Å². The molecular weight excluding hydrogens is 314 g/mol. The van der Waals surface area contributed by atoms with Crippen LogP contribution in [-0.4, -0.2) is 76.8 Å². The van der Waals surface area contributed by atoms with Crippen molar-refractivity contribution in [3.8, 4) is 0 Å². The van der Waals surface area contributed by atoms with Crippen molar-refractivity contribution in [2.45, 2.75) is 30.7 Å². The maximum absolute atomic E-state index is 12.1. The first-order valence-electron chi connectivity index (χ1n) is 6.43. The quantitative estimate of drug-likeness (QED) is 0.363. The van der Waals surface area contributed by atoms with Crippen LogP contribution in [0.3, 0.4) is 0 Å². The van der Waals surface area contributed by atoms with Crippen molar-refractivity contribution in [1.29, 1.82) is 0 Å². The first kappa shape index (κ1) is 15.5. The van der Waals surface area contributed by atoms with E-state index in [1.54, 1.807) is 0 Å². The summed E-state index contributed by atoms with van der Waals surface area (Å²) in [7, 11) is 0. The zero-order chi connectivity index (χ0) is 16.7. The largest absolute Gasteiger partial charge is 0.387 e. The Morgan fingerprint density at radius 1 is 1.17 bits per heavy atom. The number of nitrogens with two attached hydrogens (primary N) is 1. The van der Waals surface area contributed by atoms with E-state index >= 15 is 0 Å². The molecule has 3 heterocycles. The molecule has 12 heteroatoms. The van der Waals surface area contributed by atoms with Gasteiger partial charge in [0.2, 0.25) is 5.65 Å². The van der Waals surface area contributed by atoms with Crippen LogP contribution in [0.2, 0.25) is 0 Å². The van der Waals surface area contributed by atoms with Crippen LogP contribution in [0.15, 0.2) is 12.7 Å². The van der Waals surface area contributed by atoms with Crippen molar-refractivity contribution in [3.05, 3.63) is 12.7 Å². The highest BCUT2D eigenvalue weighted by atomic mass is 16.7. The highest BCUT2D eigenvalue weighted by molar-refractivity contribution is 5.82. The minimum atomic E-state index is -1.86. The molecule has 5 atom stereocenters. The van der Waals surface area contributed by atoms with Crippen molar-refractivity contribution < 1.29 is 34.8 Å². The average Bonchev–Trinajstić information content (AvgIpc) is 2.93. The minimum Gasteiger partial charge on any atom is -0.387 e. The fraction of sp³-hybridized carbons (Fsp3) is 0.455. The van der Waals surface area contributed by atoms with Gasteiger partial charge in [-0.25, -0.2) is 19.7 Å². The van der Waals surface area contributed by atoms with Crippen LogP contribution in [0.1, 0.15) is 0 Å². The molecule has 0 saturated carbocycles. The number of carbonyl (C=O) groups excluding carboxylic acids is 1. The predicted molar refractivity (Wildman–Crippen MR) is 70.2 cm³/mol. The Kier molecular flexibility index (Phi) is 3.83. The van der Waals surface area contributed by atoms with E-state index in [0.29, 0.717) is 0 Å². The van der Waals surface area contributed by atoms with Crippen molar-refractivity contribution in [3.63, 3.8) is 0 Å². The van der Waals surface area contributed by atoms with Crippen molar-refractivity contribution in [2.24, 2.45) is 0 Å². The van der Waals surface area contributed by atoms with E-state index in [1.807, 2.05) is 0 Å². The molecular formula is C11H13N5O7. The Hall–Kier alpha value is -2.38. The van der Waals surface area contributed by atoms with Crippen LogP contribution < -0.4 is 10.6 Å². The molecule has 2 aromatic rings. The molecule has 1 saturated heterocycles. The van der Waals surface area contributed by atoms with Gasteiger partial charge >= 0.3 is 5.97 Å². The van der Waals surface area contributed by atoms with Gasteiger partial charge < -0.3 is 35.7 Å². The van der Waals surface area contributed by atoms with Crippen LogP contribution in [-0.2, 0) is 9.53 Å². The highest BCUT2D eigenvalue weighted by Gasteiger charge is 2.47. The van der Waals surface area contributed by atoms with Crippen molar-refractivity contribution in [2.75, 3.05) is 5.73 Å². The smallest absolute Gasteiger partial charge is 0.364 e. The zero-order valence-corrected chi connectivity index (χ0v) is 11.4. The van der Waals surface area contributed by atoms with Gasteiger partial charge in [-0.05, 0) is 0 Å². The number of anilines is 1. The molecule has 12 nitrogen and oxygen atoms in total. The van der Waals surface area contributed by atoms with Crippen LogP contribution in [0, 0.1) is 0 Å². The molecule has 0 aromatic carbocycles. The van der Waals surface area contributed by atoms with Gasteiger partial charge in [-0.3, -0.25) is 0 Å². The molecule has 0 unspecified atom stereocenters. The second-order valence-electron chi connectivity index (χ2n) is 4.83. The molecule has 0 amide bonds. The first-order chi connectivity index (χ1) is 10.9. The number of rotatable bonds is 2. The normalized spacial score (nSPS) is 31.2. The SMILES string of the molecule is Nc1ncnc2c1ncn2OC(=O)[C@H]1O[C@@H](O)[C@H](O)[C@@H](O)[C@@H]1O. The Morgan fingerprint density at radius 3 is 2.65 bits per heavy atom. The van der Waals surface area contributed by atoms with Crippen LogP contribution in [0.25, 0.3) is 11.2 Å². The zero-order valence-electron chi connectivity index (χ0n) is 11.4. The predicted octanol–water partition coefficient (Wildman–Crippen LogP) is -3.84. The maximum atomic E-state index is 12.1. The molecule has 3 rings (SSSR count). The standard InChI is InChI=1S/C11H13N5O7/c12-8-3-9(14-1-13-8)16(2-15-3)23-11(21)7-5(18)4(17)6(19)10(20)22-7/h1-2,4-7,10,17-20H,(H2,12,13,14)/t4-,5-,6+,7-,10+/m0/s1. The second kappa shape index (κ2) is 5.68. The fourth-order valence-corrected chi connectivity index (χ4v) is 2.10. The fourth-order valence-electron chi connectivity index (χ4n) is 2.10. The molecule has 1 fully saturated rings. The topological polar surface area (TPSA) is 186 Å². The summed E-state index contributed by atoms with van der Waals surface area (Å²) in [6.45, 7) is 0. The molecule has 0 bridgehead atoms. The van der Waals surface area contributed by atoms with E-state index in [0.717, 1.165) is 17.4 Å². The lowest BCUT2D eigenvalue weighted by Crippen LogP contribution is -2.60. The second-order valence-corrected chi connectivity index (χ2v) is 4.83. The summed E-state index contributed by atoms with van der Waals surface area (Å²) < 4.78 is 5.63. The van der Waals surface area contributed by atoms with E-state index in [1.165, 1.54) is 0 Å². The molecule has 0 aliphatic carbocycles. The van der Waals surface area contributed by atoms with E-state index in [-0.39, 0.29) is 17.0 Å². The van der Waals surface area contributed by atoms with Gasteiger partial charge in [-0.15, -0.1) is 4.73 Å². The summed E-state index contributed by atoms with van der Waals surface area (Å²) in [6, 6.07) is 0.